The van der Waals surface area contributed by atoms with Crippen LogP contribution in [-0.2, 0) is 7.05 Å². The molecule has 0 unspecified atom stereocenters. The van der Waals surface area contributed by atoms with Crippen molar-refractivity contribution in [2.24, 2.45) is 7.05 Å². The third kappa shape index (κ3) is 1.65. The predicted molar refractivity (Wildman–Crippen MR) is 60.8 cm³/mol. The lowest BCUT2D eigenvalue weighted by Gasteiger charge is -2.02. The Labute approximate surface area is 90.7 Å². The Balaban J connectivity index is 2.55. The van der Waals surface area contributed by atoms with E-state index in [0.717, 1.165) is 21.4 Å². The van der Waals surface area contributed by atoms with E-state index in [9.17, 15) is 0 Å². The minimum Gasteiger partial charge on any atom is -0.398 e. The van der Waals surface area contributed by atoms with Crippen molar-refractivity contribution in [3.63, 3.8) is 0 Å². The highest BCUT2D eigenvalue weighted by atomic mass is 79.9. The molecule has 0 amide bonds. The van der Waals surface area contributed by atoms with Gasteiger partial charge in [0, 0.05) is 29.0 Å². The van der Waals surface area contributed by atoms with Gasteiger partial charge in [0.1, 0.15) is 0 Å². The highest BCUT2D eigenvalue weighted by Crippen LogP contribution is 2.27. The molecular formula is C10H10BrN3. The van der Waals surface area contributed by atoms with E-state index in [1.54, 1.807) is 6.33 Å². The van der Waals surface area contributed by atoms with E-state index in [2.05, 4.69) is 20.9 Å². The molecule has 0 aliphatic heterocycles. The molecule has 4 heteroatoms. The van der Waals surface area contributed by atoms with Gasteiger partial charge < -0.3 is 10.3 Å². The van der Waals surface area contributed by atoms with E-state index < -0.39 is 0 Å². The van der Waals surface area contributed by atoms with Crippen molar-refractivity contribution in [1.29, 1.82) is 0 Å². The molecule has 0 fully saturated rings. The first kappa shape index (κ1) is 9.27. The Morgan fingerprint density at radius 3 is 2.86 bits per heavy atom. The van der Waals surface area contributed by atoms with Gasteiger partial charge in [0.15, 0.2) is 0 Å². The number of rotatable bonds is 1. The van der Waals surface area contributed by atoms with Gasteiger partial charge in [-0.15, -0.1) is 0 Å². The van der Waals surface area contributed by atoms with E-state index in [1.165, 1.54) is 0 Å². The fraction of sp³-hybridized carbons (Fsp3) is 0.100. The van der Waals surface area contributed by atoms with Gasteiger partial charge in [-0.25, -0.2) is 4.98 Å². The number of nitrogens with two attached hydrogens (primary N) is 1. The summed E-state index contributed by atoms with van der Waals surface area (Å²) in [5.41, 5.74) is 8.46. The minimum atomic E-state index is 0.743. The van der Waals surface area contributed by atoms with Crippen LogP contribution in [0.3, 0.4) is 0 Å². The second-order valence-electron chi connectivity index (χ2n) is 3.16. The van der Waals surface area contributed by atoms with Crippen molar-refractivity contribution >= 4 is 21.6 Å². The smallest absolute Gasteiger partial charge is 0.0951 e. The van der Waals surface area contributed by atoms with Gasteiger partial charge in [-0.1, -0.05) is 15.9 Å². The summed E-state index contributed by atoms with van der Waals surface area (Å²) in [6.07, 6.45) is 3.70. The average Bonchev–Trinajstić information content (AvgIpc) is 2.56. The van der Waals surface area contributed by atoms with E-state index in [0.29, 0.717) is 0 Å². The average molecular weight is 252 g/mol. The largest absolute Gasteiger partial charge is 0.398 e. The molecule has 1 aromatic carbocycles. The van der Waals surface area contributed by atoms with Crippen LogP contribution < -0.4 is 5.73 Å². The van der Waals surface area contributed by atoms with Crippen LogP contribution >= 0.6 is 15.9 Å². The van der Waals surface area contributed by atoms with Crippen molar-refractivity contribution in [3.8, 4) is 11.3 Å². The lowest BCUT2D eigenvalue weighted by Crippen LogP contribution is -1.89. The molecule has 0 radical (unpaired) electrons. The van der Waals surface area contributed by atoms with Gasteiger partial charge in [-0.05, 0) is 18.2 Å². The van der Waals surface area contributed by atoms with Crippen molar-refractivity contribution in [2.75, 3.05) is 5.73 Å². The van der Waals surface area contributed by atoms with E-state index in [4.69, 9.17) is 5.73 Å². The summed E-state index contributed by atoms with van der Waals surface area (Å²) < 4.78 is 2.91. The fourth-order valence-corrected chi connectivity index (χ4v) is 1.66. The van der Waals surface area contributed by atoms with Crippen molar-refractivity contribution in [2.45, 2.75) is 0 Å². The highest BCUT2D eigenvalue weighted by Gasteiger charge is 2.05. The Bertz CT molecular complexity index is 462. The number of hydrogen-bond acceptors (Lipinski definition) is 2. The summed E-state index contributed by atoms with van der Waals surface area (Å²) in [7, 11) is 1.94. The van der Waals surface area contributed by atoms with Crippen LogP contribution in [0.2, 0.25) is 0 Å². The molecule has 2 N–H and O–H groups in total. The zero-order valence-electron chi connectivity index (χ0n) is 7.74. The molecule has 2 aromatic rings. The van der Waals surface area contributed by atoms with Crippen LogP contribution in [0.4, 0.5) is 5.69 Å². The maximum absolute atomic E-state index is 5.86. The van der Waals surface area contributed by atoms with Crippen LogP contribution in [0.5, 0.6) is 0 Å². The topological polar surface area (TPSA) is 43.8 Å². The molecule has 72 valence electrons. The Hall–Kier alpha value is -1.29. The fourth-order valence-electron chi connectivity index (χ4n) is 1.30. The number of halogens is 1. The Morgan fingerprint density at radius 1 is 1.43 bits per heavy atom. The molecule has 3 nitrogen and oxygen atoms in total. The Kier molecular flexibility index (Phi) is 2.29. The number of aromatic nitrogens is 2. The molecule has 1 aromatic heterocycles. The van der Waals surface area contributed by atoms with Crippen LogP contribution in [0, 0.1) is 0 Å². The summed E-state index contributed by atoms with van der Waals surface area (Å²) >= 11 is 3.41. The molecule has 14 heavy (non-hydrogen) atoms. The summed E-state index contributed by atoms with van der Waals surface area (Å²) in [6.45, 7) is 0. The monoisotopic (exact) mass is 251 g/mol. The van der Waals surface area contributed by atoms with E-state index >= 15 is 0 Å². The third-order valence-corrected chi connectivity index (χ3v) is 2.49. The molecule has 2 rings (SSSR count). The van der Waals surface area contributed by atoms with Gasteiger partial charge in [0.25, 0.3) is 0 Å². The molecule has 0 saturated heterocycles. The zero-order valence-corrected chi connectivity index (χ0v) is 9.32. The van der Waals surface area contributed by atoms with Crippen LogP contribution in [0.15, 0.2) is 35.2 Å². The van der Waals surface area contributed by atoms with Crippen LogP contribution in [0.1, 0.15) is 0 Å². The normalized spacial score (nSPS) is 10.4. The molecule has 0 saturated carbocycles. The SMILES string of the molecule is Cn1cnc(-c2cc(Br)ccc2N)c1. The van der Waals surface area contributed by atoms with Crippen LogP contribution in [0.25, 0.3) is 11.3 Å². The maximum Gasteiger partial charge on any atom is 0.0951 e. The molecular weight excluding hydrogens is 242 g/mol. The van der Waals surface area contributed by atoms with Gasteiger partial charge >= 0.3 is 0 Å². The standard InChI is InChI=1S/C10H10BrN3/c1-14-5-10(13-6-14)8-4-7(11)2-3-9(8)12/h2-6H,12H2,1H3. The van der Waals surface area contributed by atoms with Crippen molar-refractivity contribution in [3.05, 3.63) is 35.2 Å². The maximum atomic E-state index is 5.86. The first-order chi connectivity index (χ1) is 6.66. The van der Waals surface area contributed by atoms with Gasteiger partial charge in [0.2, 0.25) is 0 Å². The van der Waals surface area contributed by atoms with E-state index in [-0.39, 0.29) is 0 Å². The first-order valence-corrected chi connectivity index (χ1v) is 4.99. The highest BCUT2D eigenvalue weighted by molar-refractivity contribution is 9.10. The number of nitrogens with zero attached hydrogens (tertiary/aromatic N) is 2. The number of hydrogen-bond donors (Lipinski definition) is 1. The van der Waals surface area contributed by atoms with E-state index in [1.807, 2.05) is 36.0 Å². The number of imidazole rings is 1. The number of benzene rings is 1. The summed E-state index contributed by atoms with van der Waals surface area (Å²) in [5, 5.41) is 0. The van der Waals surface area contributed by atoms with Gasteiger partial charge in [0.05, 0.1) is 12.0 Å². The summed E-state index contributed by atoms with van der Waals surface area (Å²) in [6, 6.07) is 5.76. The minimum absolute atomic E-state index is 0.743. The number of nitrogen functional groups attached to an aromatic ring is 1. The molecule has 0 spiro atoms. The summed E-state index contributed by atoms with van der Waals surface area (Å²) in [4.78, 5) is 4.25. The first-order valence-electron chi connectivity index (χ1n) is 4.20. The number of aryl methyl sites for hydroxylation is 1. The lowest BCUT2D eigenvalue weighted by atomic mass is 10.1. The lowest BCUT2D eigenvalue weighted by molar-refractivity contribution is 0.913. The van der Waals surface area contributed by atoms with Gasteiger partial charge in [-0.2, -0.15) is 0 Å². The molecule has 0 aliphatic rings. The molecule has 0 atom stereocenters. The van der Waals surface area contributed by atoms with Crippen LogP contribution in [-0.4, -0.2) is 9.55 Å². The quantitative estimate of drug-likeness (QED) is 0.792. The summed E-state index contributed by atoms with van der Waals surface area (Å²) in [5.74, 6) is 0. The Morgan fingerprint density at radius 2 is 2.21 bits per heavy atom. The zero-order chi connectivity index (χ0) is 10.1. The predicted octanol–water partition coefficient (Wildman–Crippen LogP) is 2.43. The van der Waals surface area contributed by atoms with Gasteiger partial charge in [-0.3, -0.25) is 0 Å². The second kappa shape index (κ2) is 3.46. The third-order valence-electron chi connectivity index (χ3n) is 2.00. The second-order valence-corrected chi connectivity index (χ2v) is 4.07. The van der Waals surface area contributed by atoms with Crippen molar-refractivity contribution < 1.29 is 0 Å². The van der Waals surface area contributed by atoms with Crippen molar-refractivity contribution in [1.82, 2.24) is 9.55 Å². The number of anilines is 1. The molecule has 0 bridgehead atoms. The molecule has 1 heterocycles. The molecule has 0 aliphatic carbocycles.